The maximum atomic E-state index is 12.2. The number of carbonyl (C=O) groups excluding carboxylic acids is 1. The molecule has 0 atom stereocenters. The molecule has 0 aliphatic rings. The quantitative estimate of drug-likeness (QED) is 0.736. The van der Waals surface area contributed by atoms with Crippen LogP contribution in [0.2, 0.25) is 0 Å². The third-order valence-corrected chi connectivity index (χ3v) is 2.84. The van der Waals surface area contributed by atoms with Crippen molar-refractivity contribution < 1.29 is 4.79 Å². The number of amides is 1. The lowest BCUT2D eigenvalue weighted by Gasteiger charge is -2.03. The van der Waals surface area contributed by atoms with Gasteiger partial charge in [-0.15, -0.1) is 0 Å². The molecule has 0 spiro atoms. The molecule has 2 aromatic heterocycles. The second kappa shape index (κ2) is 4.53. The van der Waals surface area contributed by atoms with Crippen LogP contribution in [0, 0.1) is 6.92 Å². The number of pyridine rings is 1. The summed E-state index contributed by atoms with van der Waals surface area (Å²) >= 11 is 0. The lowest BCUT2D eigenvalue weighted by Crippen LogP contribution is -2.13. The lowest BCUT2D eigenvalue weighted by atomic mass is 10.2. The number of hydrogen-bond donors (Lipinski definition) is 2. The maximum Gasteiger partial charge on any atom is 0.277 e. The first-order chi connectivity index (χ1) is 9.24. The second-order valence-corrected chi connectivity index (χ2v) is 4.29. The summed E-state index contributed by atoms with van der Waals surface area (Å²) in [5.41, 5.74) is 2.25. The zero-order valence-corrected chi connectivity index (χ0v) is 10.3. The standard InChI is InChI=1S/C14H12N4O/c1-9-6-7-15-12(8-9)16-14(19)13-10-4-2-3-5-11(10)17-18-13/h2-8H,1H3,(H,17,18)(H,15,16,19). The van der Waals surface area contributed by atoms with Crippen LogP contribution in [0.3, 0.4) is 0 Å². The Morgan fingerprint density at radius 2 is 2.11 bits per heavy atom. The van der Waals surface area contributed by atoms with Crippen LogP contribution in [-0.4, -0.2) is 21.1 Å². The fraction of sp³-hybridized carbons (Fsp3) is 0.0714. The highest BCUT2D eigenvalue weighted by atomic mass is 16.2. The number of benzene rings is 1. The van der Waals surface area contributed by atoms with Crippen molar-refractivity contribution in [2.45, 2.75) is 6.92 Å². The van der Waals surface area contributed by atoms with Crippen molar-refractivity contribution in [3.63, 3.8) is 0 Å². The van der Waals surface area contributed by atoms with Crippen LogP contribution in [0.25, 0.3) is 10.9 Å². The molecular weight excluding hydrogens is 240 g/mol. The first kappa shape index (κ1) is 11.4. The van der Waals surface area contributed by atoms with Gasteiger partial charge in [-0.25, -0.2) is 4.98 Å². The smallest absolute Gasteiger partial charge is 0.277 e. The monoisotopic (exact) mass is 252 g/mol. The number of nitrogens with one attached hydrogen (secondary N) is 2. The summed E-state index contributed by atoms with van der Waals surface area (Å²) in [6.45, 7) is 1.95. The molecule has 0 aliphatic carbocycles. The molecular formula is C14H12N4O. The summed E-state index contributed by atoms with van der Waals surface area (Å²) in [6.07, 6.45) is 1.66. The minimum absolute atomic E-state index is 0.268. The largest absolute Gasteiger partial charge is 0.305 e. The molecule has 2 N–H and O–H groups in total. The van der Waals surface area contributed by atoms with Gasteiger partial charge in [0.15, 0.2) is 5.69 Å². The molecule has 3 rings (SSSR count). The van der Waals surface area contributed by atoms with Crippen LogP contribution in [0.5, 0.6) is 0 Å². The van der Waals surface area contributed by atoms with E-state index in [9.17, 15) is 4.79 Å². The Bertz CT molecular complexity index is 748. The summed E-state index contributed by atoms with van der Waals surface area (Å²) in [7, 11) is 0. The van der Waals surface area contributed by atoms with Crippen LogP contribution in [0.15, 0.2) is 42.6 Å². The highest BCUT2D eigenvalue weighted by Crippen LogP contribution is 2.16. The molecule has 0 saturated carbocycles. The third-order valence-electron chi connectivity index (χ3n) is 2.84. The zero-order valence-electron chi connectivity index (χ0n) is 10.3. The predicted molar refractivity (Wildman–Crippen MR) is 73.0 cm³/mol. The number of aromatic nitrogens is 3. The molecule has 19 heavy (non-hydrogen) atoms. The normalized spacial score (nSPS) is 10.6. The summed E-state index contributed by atoms with van der Waals surface area (Å²) in [4.78, 5) is 16.3. The van der Waals surface area contributed by atoms with Gasteiger partial charge in [0.05, 0.1) is 5.52 Å². The lowest BCUT2D eigenvalue weighted by molar-refractivity contribution is 0.102. The molecule has 1 amide bonds. The molecule has 0 bridgehead atoms. The second-order valence-electron chi connectivity index (χ2n) is 4.29. The number of aryl methyl sites for hydroxylation is 1. The molecule has 0 unspecified atom stereocenters. The van der Waals surface area contributed by atoms with E-state index in [2.05, 4.69) is 20.5 Å². The summed E-state index contributed by atoms with van der Waals surface area (Å²) < 4.78 is 0. The molecule has 94 valence electrons. The van der Waals surface area contributed by atoms with Crippen LogP contribution in [0.4, 0.5) is 5.82 Å². The Kier molecular flexibility index (Phi) is 2.72. The maximum absolute atomic E-state index is 12.2. The molecule has 5 nitrogen and oxygen atoms in total. The van der Waals surface area contributed by atoms with Crippen molar-refractivity contribution >= 4 is 22.6 Å². The summed E-state index contributed by atoms with van der Waals surface area (Å²) in [6, 6.07) is 11.2. The number of carbonyl (C=O) groups is 1. The zero-order chi connectivity index (χ0) is 13.2. The Hall–Kier alpha value is -2.69. The highest BCUT2D eigenvalue weighted by molar-refractivity contribution is 6.10. The van der Waals surface area contributed by atoms with Crippen molar-refractivity contribution in [2.24, 2.45) is 0 Å². The minimum Gasteiger partial charge on any atom is -0.305 e. The molecule has 2 heterocycles. The van der Waals surface area contributed by atoms with E-state index in [1.54, 1.807) is 6.20 Å². The fourth-order valence-electron chi connectivity index (χ4n) is 1.92. The number of anilines is 1. The van der Waals surface area contributed by atoms with E-state index < -0.39 is 0 Å². The topological polar surface area (TPSA) is 70.7 Å². The third kappa shape index (κ3) is 2.18. The van der Waals surface area contributed by atoms with Crippen molar-refractivity contribution in [2.75, 3.05) is 5.32 Å². The molecule has 0 saturated heterocycles. The molecule has 0 aliphatic heterocycles. The number of nitrogens with zero attached hydrogens (tertiary/aromatic N) is 2. The minimum atomic E-state index is -0.268. The number of aromatic amines is 1. The van der Waals surface area contributed by atoms with Crippen molar-refractivity contribution in [3.8, 4) is 0 Å². The predicted octanol–water partition coefficient (Wildman–Crippen LogP) is 2.52. The van der Waals surface area contributed by atoms with E-state index in [0.29, 0.717) is 11.5 Å². The summed E-state index contributed by atoms with van der Waals surface area (Å²) in [5, 5.41) is 10.4. The van der Waals surface area contributed by atoms with Crippen molar-refractivity contribution in [1.82, 2.24) is 15.2 Å². The SMILES string of the molecule is Cc1ccnc(NC(=O)c2n[nH]c3ccccc23)c1. The first-order valence-electron chi connectivity index (χ1n) is 5.91. The number of para-hydroxylation sites is 1. The van der Waals surface area contributed by atoms with Gasteiger partial charge in [-0.3, -0.25) is 9.89 Å². The van der Waals surface area contributed by atoms with E-state index in [4.69, 9.17) is 0 Å². The van der Waals surface area contributed by atoms with Gasteiger partial charge >= 0.3 is 0 Å². The Morgan fingerprint density at radius 3 is 2.95 bits per heavy atom. The average molecular weight is 252 g/mol. The Balaban J connectivity index is 1.92. The van der Waals surface area contributed by atoms with Crippen LogP contribution < -0.4 is 5.32 Å². The van der Waals surface area contributed by atoms with Gasteiger partial charge in [-0.2, -0.15) is 5.10 Å². The van der Waals surface area contributed by atoms with Gasteiger partial charge < -0.3 is 5.32 Å². The van der Waals surface area contributed by atoms with Crippen LogP contribution >= 0.6 is 0 Å². The molecule has 3 aromatic rings. The van der Waals surface area contributed by atoms with Crippen molar-refractivity contribution in [3.05, 3.63) is 53.9 Å². The summed E-state index contributed by atoms with van der Waals surface area (Å²) in [5.74, 6) is 0.257. The number of H-pyrrole nitrogens is 1. The van der Waals surface area contributed by atoms with E-state index in [-0.39, 0.29) is 5.91 Å². The van der Waals surface area contributed by atoms with E-state index in [1.807, 2.05) is 43.3 Å². The van der Waals surface area contributed by atoms with Gasteiger partial charge in [0.25, 0.3) is 5.91 Å². The van der Waals surface area contributed by atoms with Crippen LogP contribution in [-0.2, 0) is 0 Å². The van der Waals surface area contributed by atoms with E-state index in [1.165, 1.54) is 0 Å². The van der Waals surface area contributed by atoms with Gasteiger partial charge in [0.1, 0.15) is 5.82 Å². The van der Waals surface area contributed by atoms with Gasteiger partial charge in [0.2, 0.25) is 0 Å². The number of fused-ring (bicyclic) bond motifs is 1. The van der Waals surface area contributed by atoms with E-state index >= 15 is 0 Å². The van der Waals surface area contributed by atoms with Gasteiger partial charge in [0, 0.05) is 11.6 Å². The Morgan fingerprint density at radius 1 is 1.26 bits per heavy atom. The Labute approximate surface area is 109 Å². The number of hydrogen-bond acceptors (Lipinski definition) is 3. The molecule has 0 fully saturated rings. The molecule has 0 radical (unpaired) electrons. The van der Waals surface area contributed by atoms with Gasteiger partial charge in [-0.05, 0) is 30.7 Å². The van der Waals surface area contributed by atoms with E-state index in [0.717, 1.165) is 16.5 Å². The van der Waals surface area contributed by atoms with Crippen molar-refractivity contribution in [1.29, 1.82) is 0 Å². The highest BCUT2D eigenvalue weighted by Gasteiger charge is 2.14. The average Bonchev–Trinajstić information content (AvgIpc) is 2.82. The number of rotatable bonds is 2. The van der Waals surface area contributed by atoms with Gasteiger partial charge in [-0.1, -0.05) is 18.2 Å². The molecule has 1 aromatic carbocycles. The van der Waals surface area contributed by atoms with Crippen LogP contribution in [0.1, 0.15) is 16.1 Å². The first-order valence-corrected chi connectivity index (χ1v) is 5.91. The molecule has 5 heteroatoms. The fourth-order valence-corrected chi connectivity index (χ4v) is 1.92.